The summed E-state index contributed by atoms with van der Waals surface area (Å²) < 4.78 is 46.4. The first kappa shape index (κ1) is 20.5. The van der Waals surface area contributed by atoms with Crippen LogP contribution in [0.5, 0.6) is 0 Å². The molecule has 2 aromatic heterocycles. The maximum absolute atomic E-state index is 13.2. The zero-order chi connectivity index (χ0) is 21.5. The van der Waals surface area contributed by atoms with Crippen molar-refractivity contribution in [2.45, 2.75) is 37.3 Å². The van der Waals surface area contributed by atoms with E-state index in [1.165, 1.54) is 35.4 Å². The molecule has 1 aliphatic heterocycles. The first-order valence-electron chi connectivity index (χ1n) is 9.00. The molecule has 4 rings (SSSR count). The van der Waals surface area contributed by atoms with Gasteiger partial charge in [-0.3, -0.25) is 4.57 Å². The fourth-order valence-corrected chi connectivity index (χ4v) is 3.41. The van der Waals surface area contributed by atoms with Crippen molar-refractivity contribution in [1.29, 1.82) is 0 Å². The number of benzene rings is 1. The van der Waals surface area contributed by atoms with Crippen molar-refractivity contribution < 1.29 is 33.2 Å². The molecule has 0 aliphatic carbocycles. The van der Waals surface area contributed by atoms with Gasteiger partial charge in [-0.2, -0.15) is 13.2 Å². The maximum Gasteiger partial charge on any atom is 0.416 e. The van der Waals surface area contributed by atoms with Gasteiger partial charge in [0.15, 0.2) is 23.2 Å². The highest BCUT2D eigenvalue weighted by Crippen LogP contribution is 2.34. The molecule has 1 saturated heterocycles. The third kappa shape index (κ3) is 3.58. The molecular weight excluding hydrogens is 407 g/mol. The van der Waals surface area contributed by atoms with Gasteiger partial charge in [-0.1, -0.05) is 18.2 Å². The molecule has 9 nitrogen and oxygen atoms in total. The molecule has 4 N–H and O–H groups in total. The summed E-state index contributed by atoms with van der Waals surface area (Å²) in [6, 6.07) is 5.20. The molecule has 12 heteroatoms. The number of hydrogen-bond acceptors (Lipinski definition) is 8. The number of aliphatic hydroxyl groups is 3. The average molecular weight is 425 g/mol. The monoisotopic (exact) mass is 425 g/mol. The minimum absolute atomic E-state index is 0.0413. The zero-order valence-electron chi connectivity index (χ0n) is 15.4. The quantitative estimate of drug-likeness (QED) is 0.478. The SMILES string of the molecule is OC[C@H]1O[C@@H](n2cnc3c(NCc4ccccc4C(F)(F)F)ncnc32)[C@@H](O)[C@@H]1O. The predicted molar refractivity (Wildman–Crippen MR) is 97.1 cm³/mol. The third-order valence-electron chi connectivity index (χ3n) is 4.92. The maximum atomic E-state index is 13.2. The minimum atomic E-state index is -4.49. The molecule has 1 aliphatic rings. The molecule has 0 radical (unpaired) electrons. The number of nitrogens with zero attached hydrogens (tertiary/aromatic N) is 4. The summed E-state index contributed by atoms with van der Waals surface area (Å²) in [6.45, 7) is -0.635. The Kier molecular flexibility index (Phi) is 5.32. The number of fused-ring (bicyclic) bond motifs is 1. The van der Waals surface area contributed by atoms with Crippen LogP contribution in [0.4, 0.5) is 19.0 Å². The normalized spacial score (nSPS) is 24.5. The second-order valence-electron chi connectivity index (χ2n) is 6.78. The van der Waals surface area contributed by atoms with Crippen molar-refractivity contribution in [3.63, 3.8) is 0 Å². The fraction of sp³-hybridized carbons (Fsp3) is 0.389. The minimum Gasteiger partial charge on any atom is -0.394 e. The first-order valence-corrected chi connectivity index (χ1v) is 9.00. The van der Waals surface area contributed by atoms with Gasteiger partial charge in [0.05, 0.1) is 18.5 Å². The molecule has 0 unspecified atom stereocenters. The summed E-state index contributed by atoms with van der Waals surface area (Å²) in [6.07, 6.45) is -6.62. The van der Waals surface area contributed by atoms with Gasteiger partial charge in [0.1, 0.15) is 24.6 Å². The Morgan fingerprint density at radius 3 is 2.57 bits per heavy atom. The van der Waals surface area contributed by atoms with Gasteiger partial charge in [0.25, 0.3) is 0 Å². The smallest absolute Gasteiger partial charge is 0.394 e. The molecule has 1 fully saturated rings. The van der Waals surface area contributed by atoms with Crippen LogP contribution in [0.2, 0.25) is 0 Å². The van der Waals surface area contributed by atoms with E-state index >= 15 is 0 Å². The number of halogens is 3. The second-order valence-corrected chi connectivity index (χ2v) is 6.78. The lowest BCUT2D eigenvalue weighted by Crippen LogP contribution is -2.33. The van der Waals surface area contributed by atoms with E-state index in [4.69, 9.17) is 4.74 Å². The van der Waals surface area contributed by atoms with Crippen LogP contribution in [0.3, 0.4) is 0 Å². The first-order chi connectivity index (χ1) is 14.3. The number of aromatic nitrogens is 4. The van der Waals surface area contributed by atoms with E-state index in [2.05, 4.69) is 20.3 Å². The summed E-state index contributed by atoms with van der Waals surface area (Å²) in [5, 5.41) is 32.3. The third-order valence-corrected chi connectivity index (χ3v) is 4.92. The van der Waals surface area contributed by atoms with Crippen LogP contribution < -0.4 is 5.32 Å². The second kappa shape index (κ2) is 7.80. The Morgan fingerprint density at radius 2 is 1.87 bits per heavy atom. The lowest BCUT2D eigenvalue weighted by atomic mass is 10.1. The van der Waals surface area contributed by atoms with Crippen LogP contribution in [-0.4, -0.2) is 59.8 Å². The highest BCUT2D eigenvalue weighted by atomic mass is 19.4. The molecule has 3 heterocycles. The molecule has 0 bridgehead atoms. The number of ether oxygens (including phenoxy) is 1. The number of rotatable bonds is 5. The summed E-state index contributed by atoms with van der Waals surface area (Å²) in [4.78, 5) is 12.3. The van der Waals surface area contributed by atoms with E-state index in [0.717, 1.165) is 6.07 Å². The van der Waals surface area contributed by atoms with Crippen LogP contribution >= 0.6 is 0 Å². The lowest BCUT2D eigenvalue weighted by Gasteiger charge is -2.16. The number of alkyl halides is 3. The highest BCUT2D eigenvalue weighted by molar-refractivity contribution is 5.82. The molecule has 4 atom stereocenters. The van der Waals surface area contributed by atoms with Gasteiger partial charge >= 0.3 is 6.18 Å². The Morgan fingerprint density at radius 1 is 1.10 bits per heavy atom. The molecular formula is C18H18F3N5O4. The number of aliphatic hydroxyl groups excluding tert-OH is 3. The van der Waals surface area contributed by atoms with Gasteiger partial charge in [-0.15, -0.1) is 0 Å². The van der Waals surface area contributed by atoms with Crippen LogP contribution in [0.25, 0.3) is 11.2 Å². The molecule has 0 amide bonds. The fourth-order valence-electron chi connectivity index (χ4n) is 3.41. The van der Waals surface area contributed by atoms with E-state index in [9.17, 15) is 28.5 Å². The lowest BCUT2D eigenvalue weighted by molar-refractivity contribution is -0.138. The van der Waals surface area contributed by atoms with Gasteiger partial charge in [0, 0.05) is 6.54 Å². The van der Waals surface area contributed by atoms with Crippen LogP contribution in [0.15, 0.2) is 36.9 Å². The molecule has 160 valence electrons. The van der Waals surface area contributed by atoms with Crippen molar-refractivity contribution >= 4 is 17.0 Å². The Balaban J connectivity index is 1.61. The predicted octanol–water partition coefficient (Wildman–Crippen LogP) is 1.07. The van der Waals surface area contributed by atoms with Gasteiger partial charge in [-0.05, 0) is 11.6 Å². The van der Waals surface area contributed by atoms with Crippen LogP contribution in [0, 0.1) is 0 Å². The summed E-state index contributed by atoms with van der Waals surface area (Å²) >= 11 is 0. The van der Waals surface area contributed by atoms with Gasteiger partial charge < -0.3 is 25.4 Å². The molecule has 0 spiro atoms. The van der Waals surface area contributed by atoms with Crippen LogP contribution in [0.1, 0.15) is 17.4 Å². The standard InChI is InChI=1S/C18H18F3N5O4/c19-18(20,21)10-4-2-1-3-9(10)5-22-15-12-16(24-7-23-15)26(8-25-12)17-14(29)13(28)11(6-27)30-17/h1-4,7-8,11,13-14,17,27-29H,5-6H2,(H,22,23,24)/t11-,13-,14+,17-/m1/s1. The Bertz CT molecular complexity index is 1040. The Labute approximate surface area is 167 Å². The zero-order valence-corrected chi connectivity index (χ0v) is 15.4. The van der Waals surface area contributed by atoms with Crippen molar-refractivity contribution in [2.24, 2.45) is 0 Å². The largest absolute Gasteiger partial charge is 0.416 e. The molecule has 0 saturated carbocycles. The summed E-state index contributed by atoms with van der Waals surface area (Å²) in [7, 11) is 0. The Hall–Kier alpha value is -2.80. The molecule has 1 aromatic carbocycles. The molecule has 3 aromatic rings. The van der Waals surface area contributed by atoms with Crippen molar-refractivity contribution in [3.05, 3.63) is 48.0 Å². The van der Waals surface area contributed by atoms with Crippen molar-refractivity contribution in [1.82, 2.24) is 19.5 Å². The highest BCUT2D eigenvalue weighted by Gasteiger charge is 2.44. The van der Waals surface area contributed by atoms with E-state index in [1.54, 1.807) is 0 Å². The van der Waals surface area contributed by atoms with Gasteiger partial charge in [0.2, 0.25) is 0 Å². The van der Waals surface area contributed by atoms with Crippen molar-refractivity contribution in [3.8, 4) is 0 Å². The number of hydrogen-bond donors (Lipinski definition) is 4. The number of nitrogens with one attached hydrogen (secondary N) is 1. The van der Waals surface area contributed by atoms with E-state index in [-0.39, 0.29) is 29.1 Å². The number of imidazole rings is 1. The summed E-state index contributed by atoms with van der Waals surface area (Å²) in [5.74, 6) is 0.197. The van der Waals surface area contributed by atoms with Crippen LogP contribution in [-0.2, 0) is 17.5 Å². The molecule has 30 heavy (non-hydrogen) atoms. The van der Waals surface area contributed by atoms with Crippen molar-refractivity contribution in [2.75, 3.05) is 11.9 Å². The average Bonchev–Trinajstić information content (AvgIpc) is 3.27. The topological polar surface area (TPSA) is 126 Å². The van der Waals surface area contributed by atoms with E-state index in [0.29, 0.717) is 0 Å². The van der Waals surface area contributed by atoms with E-state index < -0.39 is 42.9 Å². The summed E-state index contributed by atoms with van der Waals surface area (Å²) in [5.41, 5.74) is -0.217. The van der Waals surface area contributed by atoms with E-state index in [1.807, 2.05) is 0 Å². The number of anilines is 1. The van der Waals surface area contributed by atoms with Gasteiger partial charge in [-0.25, -0.2) is 15.0 Å².